The Morgan fingerprint density at radius 2 is 1.81 bits per heavy atom. The Bertz CT molecular complexity index is 1890. The van der Waals surface area contributed by atoms with Crippen LogP contribution in [-0.4, -0.2) is 90.3 Å². The van der Waals surface area contributed by atoms with Crippen molar-refractivity contribution in [2.75, 3.05) is 13.7 Å². The van der Waals surface area contributed by atoms with Crippen molar-refractivity contribution in [1.29, 1.82) is 0 Å². The summed E-state index contributed by atoms with van der Waals surface area (Å²) >= 11 is 0. The summed E-state index contributed by atoms with van der Waals surface area (Å²) in [6.45, 7) is 11.1. The molecular formula is C38H51N5O9S. The van der Waals surface area contributed by atoms with E-state index in [1.54, 1.807) is 40.1 Å². The van der Waals surface area contributed by atoms with Crippen LogP contribution < -0.4 is 24.8 Å². The second-order valence-electron chi connectivity index (χ2n) is 16.2. The number of methoxy groups -OCH3 is 1. The molecule has 5 unspecified atom stereocenters. The van der Waals surface area contributed by atoms with Gasteiger partial charge in [0.1, 0.15) is 35.1 Å². The van der Waals surface area contributed by atoms with E-state index in [1.165, 1.54) is 11.0 Å². The topological polar surface area (TPSA) is 182 Å². The van der Waals surface area contributed by atoms with E-state index >= 15 is 0 Å². The van der Waals surface area contributed by atoms with E-state index in [0.29, 0.717) is 29.9 Å². The van der Waals surface area contributed by atoms with E-state index in [4.69, 9.17) is 14.2 Å². The zero-order valence-electron chi connectivity index (χ0n) is 31.1. The maximum atomic E-state index is 14.6. The van der Waals surface area contributed by atoms with Crippen LogP contribution >= 0.6 is 0 Å². The summed E-state index contributed by atoms with van der Waals surface area (Å²) < 4.78 is 45.6. The molecule has 1 aromatic carbocycles. The zero-order chi connectivity index (χ0) is 38.3. The monoisotopic (exact) mass is 753 g/mol. The Labute approximate surface area is 310 Å². The summed E-state index contributed by atoms with van der Waals surface area (Å²) in [5, 5.41) is 6.46. The minimum atomic E-state index is -3.93. The number of benzene rings is 1. The van der Waals surface area contributed by atoms with Crippen molar-refractivity contribution in [2.24, 2.45) is 11.3 Å². The number of hydrogen-bond donors (Lipinski definition) is 3. The number of nitrogens with zero attached hydrogens (tertiary/aromatic N) is 2. The van der Waals surface area contributed by atoms with E-state index < -0.39 is 79.7 Å². The number of pyridine rings is 1. The minimum absolute atomic E-state index is 0.0298. The molecule has 3 aliphatic carbocycles. The third kappa shape index (κ3) is 7.95. The van der Waals surface area contributed by atoms with Crippen LogP contribution in [0.15, 0.2) is 43.1 Å². The lowest BCUT2D eigenvalue weighted by Crippen LogP contribution is -2.60. The van der Waals surface area contributed by atoms with Gasteiger partial charge in [-0.25, -0.2) is 18.2 Å². The number of hydrogen-bond acceptors (Lipinski definition) is 10. The molecule has 5 atom stereocenters. The van der Waals surface area contributed by atoms with Gasteiger partial charge in [0, 0.05) is 23.9 Å². The Balaban J connectivity index is 1.27. The maximum absolute atomic E-state index is 14.6. The molecule has 3 saturated carbocycles. The molecule has 0 radical (unpaired) electrons. The lowest BCUT2D eigenvalue weighted by atomic mass is 9.85. The van der Waals surface area contributed by atoms with Gasteiger partial charge in [-0.05, 0) is 86.9 Å². The van der Waals surface area contributed by atoms with Crippen LogP contribution in [-0.2, 0) is 29.1 Å². The number of carbonyl (C=O) groups excluding carboxylic acids is 4. The fourth-order valence-electron chi connectivity index (χ4n) is 7.61. The first-order valence-corrected chi connectivity index (χ1v) is 19.9. The lowest BCUT2D eigenvalue weighted by molar-refractivity contribution is -0.143. The number of likely N-dealkylation sites (tertiary alicyclic amines) is 1. The highest BCUT2D eigenvalue weighted by molar-refractivity contribution is 7.90. The van der Waals surface area contributed by atoms with Crippen molar-refractivity contribution in [3.8, 4) is 11.6 Å². The van der Waals surface area contributed by atoms with Gasteiger partial charge in [0.25, 0.3) is 5.91 Å². The third-order valence-corrected chi connectivity index (χ3v) is 13.0. The SMILES string of the molecule is C=CC1CC1(NC(=O)C1CC(Oc2nccc3cc(OC)ccc23)CN1C(=O)C(NC(=O)OC1(C)CCCC1)C(C)(C)C)C(=O)NS(=O)(=O)C1CCC1. The number of ether oxygens (including phenoxy) is 3. The fourth-order valence-corrected chi connectivity index (χ4v) is 9.18. The van der Waals surface area contributed by atoms with Crippen molar-refractivity contribution < 1.29 is 41.8 Å². The van der Waals surface area contributed by atoms with Gasteiger partial charge in [-0.15, -0.1) is 6.58 Å². The molecule has 2 aromatic rings. The van der Waals surface area contributed by atoms with Crippen LogP contribution in [0.3, 0.4) is 0 Å². The van der Waals surface area contributed by atoms with Gasteiger partial charge in [0.05, 0.1) is 18.9 Å². The van der Waals surface area contributed by atoms with Gasteiger partial charge < -0.3 is 29.7 Å². The summed E-state index contributed by atoms with van der Waals surface area (Å²) in [5.74, 6) is -1.59. The number of rotatable bonds is 12. The molecule has 4 amide bonds. The van der Waals surface area contributed by atoms with Crippen molar-refractivity contribution in [2.45, 2.75) is 120 Å². The molecule has 6 rings (SSSR count). The molecule has 53 heavy (non-hydrogen) atoms. The van der Waals surface area contributed by atoms with Crippen LogP contribution in [0.1, 0.15) is 85.5 Å². The first kappa shape index (κ1) is 38.3. The Kier molecular flexibility index (Phi) is 10.4. The Morgan fingerprint density at radius 3 is 2.42 bits per heavy atom. The van der Waals surface area contributed by atoms with Crippen LogP contribution in [0.25, 0.3) is 10.8 Å². The highest BCUT2D eigenvalue weighted by Crippen LogP contribution is 2.45. The summed E-state index contributed by atoms with van der Waals surface area (Å²) in [6, 6.07) is 5.02. The summed E-state index contributed by atoms with van der Waals surface area (Å²) in [4.78, 5) is 61.6. The Morgan fingerprint density at radius 1 is 1.09 bits per heavy atom. The van der Waals surface area contributed by atoms with E-state index in [0.717, 1.165) is 37.5 Å². The average Bonchev–Trinajstić information content (AvgIpc) is 3.35. The van der Waals surface area contributed by atoms with Crippen LogP contribution in [0.2, 0.25) is 0 Å². The highest BCUT2D eigenvalue weighted by atomic mass is 32.2. The second-order valence-corrected chi connectivity index (χ2v) is 18.2. The predicted octanol–water partition coefficient (Wildman–Crippen LogP) is 4.12. The molecule has 1 aromatic heterocycles. The smallest absolute Gasteiger partial charge is 0.408 e. The first-order valence-electron chi connectivity index (χ1n) is 18.4. The average molecular weight is 754 g/mol. The van der Waals surface area contributed by atoms with E-state index in [1.807, 2.05) is 25.1 Å². The molecular weight excluding hydrogens is 703 g/mol. The van der Waals surface area contributed by atoms with Gasteiger partial charge in [0.2, 0.25) is 27.7 Å². The molecule has 0 bridgehead atoms. The molecule has 4 aliphatic rings. The standard InChI is InChI=1S/C38H51N5O9S/c1-7-24-21-38(24,34(46)42-53(48,49)27-11-10-12-27)41-31(44)29-20-26(51-32-28-14-13-25(50-6)19-23(28)15-18-39-32)22-43(29)33(45)30(36(2,3)4)40-35(47)52-37(5)16-8-9-17-37/h7,13-15,18-19,24,26-27,29-30H,1,8-12,16-17,20-22H2,2-6H3,(H,40,47)(H,41,44)(H,42,46). The first-order chi connectivity index (χ1) is 25.0. The lowest BCUT2D eigenvalue weighted by Gasteiger charge is -2.36. The number of alkyl carbamates (subject to hydrolysis) is 1. The van der Waals surface area contributed by atoms with E-state index in [-0.39, 0.29) is 19.4 Å². The normalized spacial score (nSPS) is 25.8. The molecule has 3 N–H and O–H groups in total. The quantitative estimate of drug-likeness (QED) is 0.267. The predicted molar refractivity (Wildman–Crippen MR) is 196 cm³/mol. The summed E-state index contributed by atoms with van der Waals surface area (Å²) in [6.07, 6.45) is 6.86. The number of aromatic nitrogens is 1. The van der Waals surface area contributed by atoms with Gasteiger partial charge in [-0.2, -0.15) is 0 Å². The van der Waals surface area contributed by atoms with Crippen molar-refractivity contribution in [1.82, 2.24) is 25.2 Å². The maximum Gasteiger partial charge on any atom is 0.408 e. The van der Waals surface area contributed by atoms with Gasteiger partial charge in [-0.3, -0.25) is 19.1 Å². The summed E-state index contributed by atoms with van der Waals surface area (Å²) in [5.41, 5.74) is -2.99. The molecule has 4 fully saturated rings. The largest absolute Gasteiger partial charge is 0.497 e. The Hall–Kier alpha value is -4.40. The summed E-state index contributed by atoms with van der Waals surface area (Å²) in [7, 11) is -2.36. The minimum Gasteiger partial charge on any atom is -0.497 e. The molecule has 288 valence electrons. The molecule has 1 aliphatic heterocycles. The van der Waals surface area contributed by atoms with Crippen molar-refractivity contribution in [3.63, 3.8) is 0 Å². The van der Waals surface area contributed by atoms with Crippen LogP contribution in [0.4, 0.5) is 4.79 Å². The van der Waals surface area contributed by atoms with Crippen molar-refractivity contribution in [3.05, 3.63) is 43.1 Å². The van der Waals surface area contributed by atoms with E-state index in [2.05, 4.69) is 26.9 Å². The van der Waals surface area contributed by atoms with E-state index in [9.17, 15) is 27.6 Å². The fraction of sp³-hybridized carbons (Fsp3) is 0.605. The molecule has 14 nitrogen and oxygen atoms in total. The van der Waals surface area contributed by atoms with Gasteiger partial charge >= 0.3 is 6.09 Å². The van der Waals surface area contributed by atoms with Gasteiger partial charge in [-0.1, -0.05) is 33.3 Å². The zero-order valence-corrected chi connectivity index (χ0v) is 31.9. The number of nitrogens with one attached hydrogen (secondary N) is 3. The van der Waals surface area contributed by atoms with Crippen LogP contribution in [0.5, 0.6) is 11.6 Å². The van der Waals surface area contributed by atoms with Gasteiger partial charge in [0.15, 0.2) is 0 Å². The number of sulfonamides is 1. The third-order valence-electron chi connectivity index (χ3n) is 11.2. The van der Waals surface area contributed by atoms with Crippen LogP contribution in [0, 0.1) is 11.3 Å². The number of amides is 4. The van der Waals surface area contributed by atoms with Crippen molar-refractivity contribution >= 4 is 44.6 Å². The number of fused-ring (bicyclic) bond motifs is 1. The molecule has 1 saturated heterocycles. The molecule has 0 spiro atoms. The second kappa shape index (κ2) is 14.4. The highest BCUT2D eigenvalue weighted by Gasteiger charge is 2.62. The number of carbonyl (C=O) groups is 4. The molecule has 2 heterocycles. The molecule has 15 heteroatoms.